The molecular weight excluding hydrogens is 215 g/mol. The van der Waals surface area contributed by atoms with Gasteiger partial charge in [0.15, 0.2) is 17.3 Å². The van der Waals surface area contributed by atoms with Crippen molar-refractivity contribution in [3.05, 3.63) is 29.6 Å². The van der Waals surface area contributed by atoms with Gasteiger partial charge in [0, 0.05) is 11.3 Å². The first-order valence-electron chi connectivity index (χ1n) is 4.57. The molecule has 0 saturated carbocycles. The Kier molecular flexibility index (Phi) is 4.62. The van der Waals surface area contributed by atoms with Gasteiger partial charge in [0.2, 0.25) is 0 Å². The minimum atomic E-state index is -0.483. The Balaban J connectivity index is 2.70. The van der Waals surface area contributed by atoms with Gasteiger partial charge in [0.25, 0.3) is 0 Å². The molecule has 1 rings (SSSR count). The summed E-state index contributed by atoms with van der Waals surface area (Å²) in [6.07, 6.45) is 1.96. The predicted molar refractivity (Wildman–Crippen MR) is 60.3 cm³/mol. The summed E-state index contributed by atoms with van der Waals surface area (Å²) in [5.41, 5.74) is 0.365. The fourth-order valence-corrected chi connectivity index (χ4v) is 1.32. The van der Waals surface area contributed by atoms with Crippen molar-refractivity contribution < 1.29 is 13.9 Å². The highest BCUT2D eigenvalue weighted by atomic mass is 32.2. The Morgan fingerprint density at radius 3 is 2.80 bits per heavy atom. The van der Waals surface area contributed by atoms with Crippen molar-refractivity contribution in [3.8, 4) is 5.75 Å². The van der Waals surface area contributed by atoms with E-state index < -0.39 is 5.82 Å². The van der Waals surface area contributed by atoms with Gasteiger partial charge in [-0.05, 0) is 31.4 Å². The Morgan fingerprint density at radius 1 is 1.53 bits per heavy atom. The molecule has 0 heterocycles. The van der Waals surface area contributed by atoms with Gasteiger partial charge < -0.3 is 4.74 Å². The van der Waals surface area contributed by atoms with Crippen LogP contribution in [0.1, 0.15) is 17.3 Å². The molecular formula is C11H13FO2S. The van der Waals surface area contributed by atoms with Gasteiger partial charge >= 0.3 is 0 Å². The molecule has 1 aromatic rings. The molecule has 0 aromatic heterocycles. The average Bonchev–Trinajstić information content (AvgIpc) is 2.20. The topological polar surface area (TPSA) is 26.3 Å². The summed E-state index contributed by atoms with van der Waals surface area (Å²) in [6.45, 7) is 1.88. The molecule has 0 aliphatic carbocycles. The average molecular weight is 228 g/mol. The fourth-order valence-electron chi connectivity index (χ4n) is 1.07. The van der Waals surface area contributed by atoms with E-state index in [1.54, 1.807) is 17.8 Å². The van der Waals surface area contributed by atoms with Crippen molar-refractivity contribution in [1.29, 1.82) is 0 Å². The van der Waals surface area contributed by atoms with Crippen LogP contribution in [0.15, 0.2) is 18.2 Å². The zero-order valence-electron chi connectivity index (χ0n) is 8.75. The van der Waals surface area contributed by atoms with Crippen LogP contribution in [-0.2, 0) is 0 Å². The number of halogens is 1. The highest BCUT2D eigenvalue weighted by molar-refractivity contribution is 7.98. The van der Waals surface area contributed by atoms with Crippen molar-refractivity contribution in [3.63, 3.8) is 0 Å². The van der Waals surface area contributed by atoms with Gasteiger partial charge in [0.1, 0.15) is 0 Å². The Morgan fingerprint density at radius 2 is 2.27 bits per heavy atom. The summed E-state index contributed by atoms with van der Waals surface area (Å²) in [6, 6.07) is 4.27. The van der Waals surface area contributed by atoms with Gasteiger partial charge in [-0.3, -0.25) is 4.79 Å². The lowest BCUT2D eigenvalue weighted by molar-refractivity contribution is 0.101. The number of thioether (sulfide) groups is 1. The molecule has 0 aliphatic rings. The maximum atomic E-state index is 13.4. The molecule has 0 spiro atoms. The number of ether oxygens (including phenoxy) is 1. The molecule has 82 valence electrons. The third kappa shape index (κ3) is 3.55. The van der Waals surface area contributed by atoms with Crippen molar-refractivity contribution in [2.45, 2.75) is 6.92 Å². The van der Waals surface area contributed by atoms with Crippen LogP contribution >= 0.6 is 11.8 Å². The van der Waals surface area contributed by atoms with Crippen molar-refractivity contribution in [2.75, 3.05) is 18.6 Å². The second-order valence-corrected chi connectivity index (χ2v) is 4.03. The van der Waals surface area contributed by atoms with E-state index in [4.69, 9.17) is 4.74 Å². The molecule has 0 fully saturated rings. The third-order valence-electron chi connectivity index (χ3n) is 1.88. The smallest absolute Gasteiger partial charge is 0.165 e. The van der Waals surface area contributed by atoms with Gasteiger partial charge in [-0.2, -0.15) is 11.8 Å². The number of carbonyl (C=O) groups excluding carboxylic acids is 1. The first kappa shape index (κ1) is 12.0. The summed E-state index contributed by atoms with van der Waals surface area (Å²) in [4.78, 5) is 11.0. The van der Waals surface area contributed by atoms with Crippen molar-refractivity contribution in [1.82, 2.24) is 0 Å². The maximum absolute atomic E-state index is 13.4. The largest absolute Gasteiger partial charge is 0.490 e. The molecule has 0 unspecified atom stereocenters. The van der Waals surface area contributed by atoms with Crippen LogP contribution in [0.4, 0.5) is 4.39 Å². The van der Waals surface area contributed by atoms with E-state index in [2.05, 4.69) is 0 Å². The molecule has 0 amide bonds. The van der Waals surface area contributed by atoms with Gasteiger partial charge in [0.05, 0.1) is 6.61 Å². The first-order chi connectivity index (χ1) is 7.15. The number of ketones is 1. The molecule has 0 atom stereocenters. The highest BCUT2D eigenvalue weighted by Gasteiger charge is 2.06. The van der Waals surface area contributed by atoms with Gasteiger partial charge in [-0.15, -0.1) is 0 Å². The molecule has 4 heteroatoms. The summed E-state index contributed by atoms with van der Waals surface area (Å²) >= 11 is 1.63. The zero-order chi connectivity index (χ0) is 11.3. The molecule has 0 bridgehead atoms. The van der Waals surface area contributed by atoms with Crippen LogP contribution in [0.3, 0.4) is 0 Å². The number of hydrogen-bond acceptors (Lipinski definition) is 3. The van der Waals surface area contributed by atoms with E-state index in [1.165, 1.54) is 19.1 Å². The molecule has 0 radical (unpaired) electrons. The first-order valence-corrected chi connectivity index (χ1v) is 5.96. The van der Waals surface area contributed by atoms with E-state index in [0.29, 0.717) is 12.2 Å². The van der Waals surface area contributed by atoms with Crippen LogP contribution in [0, 0.1) is 5.82 Å². The SMILES string of the molecule is CSCCOc1ccc(C(C)=O)cc1F. The van der Waals surface area contributed by atoms with E-state index in [-0.39, 0.29) is 11.5 Å². The molecule has 0 saturated heterocycles. The Labute approximate surface area is 92.8 Å². The van der Waals surface area contributed by atoms with Gasteiger partial charge in [-0.25, -0.2) is 4.39 Å². The Hall–Kier alpha value is -1.03. The normalized spacial score (nSPS) is 10.1. The van der Waals surface area contributed by atoms with E-state index >= 15 is 0 Å². The number of benzene rings is 1. The van der Waals surface area contributed by atoms with E-state index in [1.807, 2.05) is 6.26 Å². The predicted octanol–water partition coefficient (Wildman–Crippen LogP) is 2.77. The second kappa shape index (κ2) is 5.75. The quantitative estimate of drug-likeness (QED) is 0.572. The van der Waals surface area contributed by atoms with Crippen molar-refractivity contribution >= 4 is 17.5 Å². The standard InChI is InChI=1S/C11H13FO2S/c1-8(13)9-3-4-11(10(12)7-9)14-5-6-15-2/h3-4,7H,5-6H2,1-2H3. The summed E-state index contributed by atoms with van der Waals surface area (Å²) in [7, 11) is 0. The van der Waals surface area contributed by atoms with Crippen LogP contribution in [0.5, 0.6) is 5.75 Å². The second-order valence-electron chi connectivity index (χ2n) is 3.04. The molecule has 0 aliphatic heterocycles. The van der Waals surface area contributed by atoms with Crippen molar-refractivity contribution in [2.24, 2.45) is 0 Å². The van der Waals surface area contributed by atoms with E-state index in [9.17, 15) is 9.18 Å². The minimum Gasteiger partial charge on any atom is -0.490 e. The summed E-state index contributed by atoms with van der Waals surface area (Å²) in [5, 5.41) is 0. The third-order valence-corrected chi connectivity index (χ3v) is 2.46. The molecule has 2 nitrogen and oxygen atoms in total. The lowest BCUT2D eigenvalue weighted by atomic mass is 10.1. The summed E-state index contributed by atoms with van der Waals surface area (Å²) < 4.78 is 18.6. The number of carbonyl (C=O) groups is 1. The molecule has 15 heavy (non-hydrogen) atoms. The number of Topliss-reactive ketones (excluding diaryl/α,β-unsaturated/α-hetero) is 1. The monoisotopic (exact) mass is 228 g/mol. The van der Waals surface area contributed by atoms with Gasteiger partial charge in [-0.1, -0.05) is 0 Å². The Bertz CT molecular complexity index is 352. The number of hydrogen-bond donors (Lipinski definition) is 0. The fraction of sp³-hybridized carbons (Fsp3) is 0.364. The van der Waals surface area contributed by atoms with Crippen LogP contribution in [-0.4, -0.2) is 24.4 Å². The molecule has 1 aromatic carbocycles. The van der Waals surface area contributed by atoms with Crippen LogP contribution in [0.25, 0.3) is 0 Å². The summed E-state index contributed by atoms with van der Waals surface area (Å²) in [5.74, 6) is 0.385. The molecule has 0 N–H and O–H groups in total. The lowest BCUT2D eigenvalue weighted by Crippen LogP contribution is -2.02. The maximum Gasteiger partial charge on any atom is 0.165 e. The minimum absolute atomic E-state index is 0.149. The number of rotatable bonds is 5. The van der Waals surface area contributed by atoms with Crippen LogP contribution in [0.2, 0.25) is 0 Å². The zero-order valence-corrected chi connectivity index (χ0v) is 9.57. The lowest BCUT2D eigenvalue weighted by Gasteiger charge is -2.06. The van der Waals surface area contributed by atoms with E-state index in [0.717, 1.165) is 5.75 Å². The van der Waals surface area contributed by atoms with Crippen LogP contribution < -0.4 is 4.74 Å². The highest BCUT2D eigenvalue weighted by Crippen LogP contribution is 2.18.